The summed E-state index contributed by atoms with van der Waals surface area (Å²) in [4.78, 5) is 24.3. The van der Waals surface area contributed by atoms with Gasteiger partial charge in [0, 0.05) is 30.0 Å². The molecule has 5 nitrogen and oxygen atoms in total. The smallest absolute Gasteiger partial charge is 0.321 e. The van der Waals surface area contributed by atoms with Crippen LogP contribution in [0.15, 0.2) is 46.8 Å². The number of rotatable bonds is 4. The van der Waals surface area contributed by atoms with Gasteiger partial charge in [0.2, 0.25) is 0 Å². The average Bonchev–Trinajstić information content (AvgIpc) is 2.47. The lowest BCUT2D eigenvalue weighted by molar-refractivity contribution is 0.412. The molecule has 2 rings (SSSR count). The first-order valence-electron chi connectivity index (χ1n) is 6.27. The Labute approximate surface area is 126 Å². The minimum absolute atomic E-state index is 0.283. The number of aryl methyl sites for hydroxylation is 1. The van der Waals surface area contributed by atoms with Gasteiger partial charge in [-0.2, -0.15) is 0 Å². The van der Waals surface area contributed by atoms with Gasteiger partial charge in [0.1, 0.15) is 5.75 Å². The fourth-order valence-corrected chi connectivity index (χ4v) is 2.13. The normalized spacial score (nSPS) is 10.4. The third kappa shape index (κ3) is 2.78. The van der Waals surface area contributed by atoms with E-state index >= 15 is 0 Å². The van der Waals surface area contributed by atoms with Crippen LogP contribution in [0.2, 0.25) is 5.02 Å². The lowest BCUT2D eigenvalue weighted by Crippen LogP contribution is -2.39. The van der Waals surface area contributed by atoms with Gasteiger partial charge >= 0.3 is 11.1 Å². The van der Waals surface area contributed by atoms with Crippen LogP contribution in [0.1, 0.15) is 5.56 Å². The zero-order valence-electron chi connectivity index (χ0n) is 11.8. The fourth-order valence-electron chi connectivity index (χ4n) is 1.98. The Bertz CT molecular complexity index is 806. The maximum atomic E-state index is 12.2. The predicted octanol–water partition coefficient (Wildman–Crippen LogP) is 2.16. The molecule has 0 aliphatic heterocycles. The van der Waals surface area contributed by atoms with Crippen molar-refractivity contribution in [3.8, 4) is 11.4 Å². The van der Waals surface area contributed by atoms with E-state index in [1.54, 1.807) is 18.2 Å². The van der Waals surface area contributed by atoms with E-state index < -0.39 is 11.1 Å². The van der Waals surface area contributed by atoms with Gasteiger partial charge in [0.25, 0.3) is 0 Å². The summed E-state index contributed by atoms with van der Waals surface area (Å²) in [5.74, 6) is 0.425. The van der Waals surface area contributed by atoms with Gasteiger partial charge in [-0.1, -0.05) is 17.7 Å². The first-order chi connectivity index (χ1) is 9.99. The highest BCUT2D eigenvalue weighted by Gasteiger charge is 2.12. The number of allylic oxidation sites excluding steroid dienone is 1. The molecule has 0 atom stereocenters. The Morgan fingerprint density at radius 1 is 1.29 bits per heavy atom. The maximum Gasteiger partial charge on any atom is 0.321 e. The topological polar surface area (TPSA) is 53.2 Å². The molecular formula is C15H15ClN2O3. The summed E-state index contributed by atoms with van der Waals surface area (Å²) in [6.07, 6.45) is 4.62. The van der Waals surface area contributed by atoms with E-state index in [1.807, 2.05) is 6.92 Å². The maximum absolute atomic E-state index is 12.2. The van der Waals surface area contributed by atoms with Crippen molar-refractivity contribution in [1.29, 1.82) is 0 Å². The van der Waals surface area contributed by atoms with Crippen molar-refractivity contribution in [1.82, 2.24) is 9.13 Å². The standard InChI is InChI=1S/C15H15ClN2O3/c1-4-5-17-6-7-18(15(20)14(17)19)12-8-10(2)11(16)9-13(12)21-3/h4,6-9H,1,5H2,2-3H3. The van der Waals surface area contributed by atoms with E-state index in [0.29, 0.717) is 16.5 Å². The molecule has 0 amide bonds. The second-order valence-electron chi connectivity index (χ2n) is 4.49. The second kappa shape index (κ2) is 6.01. The van der Waals surface area contributed by atoms with Crippen molar-refractivity contribution >= 4 is 11.6 Å². The van der Waals surface area contributed by atoms with Crippen LogP contribution in [-0.4, -0.2) is 16.2 Å². The summed E-state index contributed by atoms with van der Waals surface area (Å²) in [5.41, 5.74) is -0.00619. The van der Waals surface area contributed by atoms with Crippen LogP contribution in [-0.2, 0) is 6.54 Å². The molecule has 6 heteroatoms. The van der Waals surface area contributed by atoms with Gasteiger partial charge in [0.05, 0.1) is 12.8 Å². The van der Waals surface area contributed by atoms with Gasteiger partial charge in [0.15, 0.2) is 0 Å². The molecule has 0 aliphatic rings. The number of benzene rings is 1. The lowest BCUT2D eigenvalue weighted by Gasteiger charge is -2.13. The van der Waals surface area contributed by atoms with E-state index in [4.69, 9.17) is 16.3 Å². The molecule has 0 fully saturated rings. The Morgan fingerprint density at radius 2 is 2.00 bits per heavy atom. The fraction of sp³-hybridized carbons (Fsp3) is 0.200. The molecule has 1 aromatic heterocycles. The molecule has 2 aromatic rings. The third-order valence-corrected chi connectivity index (χ3v) is 3.51. The quantitative estimate of drug-likeness (QED) is 0.642. The van der Waals surface area contributed by atoms with Crippen LogP contribution < -0.4 is 15.9 Å². The van der Waals surface area contributed by atoms with E-state index in [-0.39, 0.29) is 6.54 Å². The Kier molecular flexibility index (Phi) is 4.33. The van der Waals surface area contributed by atoms with Crippen LogP contribution in [0.3, 0.4) is 0 Å². The third-order valence-electron chi connectivity index (χ3n) is 3.10. The van der Waals surface area contributed by atoms with Crippen molar-refractivity contribution in [2.75, 3.05) is 7.11 Å². The summed E-state index contributed by atoms with van der Waals surface area (Å²) in [5, 5.41) is 0.531. The molecule has 0 saturated heterocycles. The zero-order chi connectivity index (χ0) is 15.6. The van der Waals surface area contributed by atoms with Gasteiger partial charge < -0.3 is 9.30 Å². The average molecular weight is 307 g/mol. The van der Waals surface area contributed by atoms with Gasteiger partial charge in [-0.3, -0.25) is 14.2 Å². The Balaban J connectivity index is 2.71. The van der Waals surface area contributed by atoms with E-state index in [9.17, 15) is 9.59 Å². The summed E-state index contributed by atoms with van der Waals surface area (Å²) in [6, 6.07) is 3.33. The highest BCUT2D eigenvalue weighted by molar-refractivity contribution is 6.31. The van der Waals surface area contributed by atoms with Crippen molar-refractivity contribution < 1.29 is 4.74 Å². The molecule has 1 heterocycles. The number of halogens is 1. The molecular weight excluding hydrogens is 292 g/mol. The number of hydrogen-bond donors (Lipinski definition) is 0. The number of nitrogens with zero attached hydrogens (tertiary/aromatic N) is 2. The first kappa shape index (κ1) is 15.1. The molecule has 110 valence electrons. The SMILES string of the molecule is C=CCn1ccn(-c2cc(C)c(Cl)cc2OC)c(=O)c1=O. The number of aromatic nitrogens is 2. The molecule has 0 radical (unpaired) electrons. The molecule has 0 bridgehead atoms. The van der Waals surface area contributed by atoms with Crippen LogP contribution in [0.25, 0.3) is 5.69 Å². The summed E-state index contributed by atoms with van der Waals surface area (Å²) < 4.78 is 7.79. The van der Waals surface area contributed by atoms with Gasteiger partial charge in [-0.25, -0.2) is 0 Å². The summed E-state index contributed by atoms with van der Waals surface area (Å²) >= 11 is 6.05. The molecule has 0 spiro atoms. The molecule has 0 aliphatic carbocycles. The van der Waals surface area contributed by atoms with Gasteiger partial charge in [-0.05, 0) is 18.6 Å². The molecule has 0 saturated carbocycles. The lowest BCUT2D eigenvalue weighted by atomic mass is 10.2. The zero-order valence-corrected chi connectivity index (χ0v) is 12.6. The first-order valence-corrected chi connectivity index (χ1v) is 6.65. The minimum Gasteiger partial charge on any atom is -0.495 e. The number of ether oxygens (including phenoxy) is 1. The van der Waals surface area contributed by atoms with Crippen LogP contribution >= 0.6 is 11.6 Å². The molecule has 0 N–H and O–H groups in total. The van der Waals surface area contributed by atoms with Gasteiger partial charge in [-0.15, -0.1) is 6.58 Å². The second-order valence-corrected chi connectivity index (χ2v) is 4.90. The number of methoxy groups -OCH3 is 1. The monoisotopic (exact) mass is 306 g/mol. The van der Waals surface area contributed by atoms with E-state index in [2.05, 4.69) is 6.58 Å². The Hall–Kier alpha value is -2.27. The van der Waals surface area contributed by atoms with Crippen molar-refractivity contribution in [2.45, 2.75) is 13.5 Å². The van der Waals surface area contributed by atoms with Crippen LogP contribution in [0, 0.1) is 6.92 Å². The van der Waals surface area contributed by atoms with Crippen molar-refractivity contribution in [3.63, 3.8) is 0 Å². The van der Waals surface area contributed by atoms with Crippen LogP contribution in [0.4, 0.5) is 0 Å². The Morgan fingerprint density at radius 3 is 2.62 bits per heavy atom. The summed E-state index contributed by atoms with van der Waals surface area (Å²) in [7, 11) is 1.48. The molecule has 1 aromatic carbocycles. The summed E-state index contributed by atoms with van der Waals surface area (Å²) in [6.45, 7) is 5.65. The van der Waals surface area contributed by atoms with E-state index in [0.717, 1.165) is 5.56 Å². The molecule has 0 unspecified atom stereocenters. The number of hydrogen-bond acceptors (Lipinski definition) is 3. The van der Waals surface area contributed by atoms with E-state index in [1.165, 1.54) is 28.6 Å². The molecule has 21 heavy (non-hydrogen) atoms. The largest absolute Gasteiger partial charge is 0.495 e. The highest BCUT2D eigenvalue weighted by Crippen LogP contribution is 2.28. The van der Waals surface area contributed by atoms with Crippen LogP contribution in [0.5, 0.6) is 5.75 Å². The van der Waals surface area contributed by atoms with Crippen molar-refractivity contribution in [3.05, 3.63) is 68.5 Å². The predicted molar refractivity (Wildman–Crippen MR) is 82.8 cm³/mol. The van der Waals surface area contributed by atoms with Crippen molar-refractivity contribution in [2.24, 2.45) is 0 Å². The minimum atomic E-state index is -0.653. The highest BCUT2D eigenvalue weighted by atomic mass is 35.5.